The highest BCUT2D eigenvalue weighted by Crippen LogP contribution is 1.73. The summed E-state index contributed by atoms with van der Waals surface area (Å²) in [7, 11) is 1.80. The van der Waals surface area contributed by atoms with E-state index >= 15 is 0 Å². The van der Waals surface area contributed by atoms with Crippen LogP contribution in [0, 0.1) is 0 Å². The van der Waals surface area contributed by atoms with Crippen LogP contribution in [0.4, 0.5) is 0 Å². The van der Waals surface area contributed by atoms with Gasteiger partial charge in [-0.2, -0.15) is 0 Å². The minimum atomic E-state index is 0.699. The summed E-state index contributed by atoms with van der Waals surface area (Å²) < 4.78 is 0. The van der Waals surface area contributed by atoms with E-state index in [2.05, 4.69) is 26.6 Å². The van der Waals surface area contributed by atoms with Gasteiger partial charge in [0.05, 0.1) is 0 Å². The molecule has 0 rings (SSSR count). The maximum Gasteiger partial charge on any atom is 0.166 e. The lowest BCUT2D eigenvalue weighted by atomic mass is 10.7. The molecule has 0 bridgehead atoms. The molecule has 0 aliphatic rings. The zero-order chi connectivity index (χ0) is 6.41. The molecule has 0 atom stereocenters. The van der Waals surface area contributed by atoms with Gasteiger partial charge >= 0.3 is 0 Å². The smallest absolute Gasteiger partial charge is 0.166 e. The molecular formula is C4H9BrN2S. The average molecular weight is 197 g/mol. The molecule has 0 saturated heterocycles. The van der Waals surface area contributed by atoms with Crippen molar-refractivity contribution in [3.8, 4) is 0 Å². The van der Waals surface area contributed by atoms with Gasteiger partial charge in [0.2, 0.25) is 0 Å². The van der Waals surface area contributed by atoms with Crippen LogP contribution in [-0.2, 0) is 0 Å². The Hall–Kier alpha value is 0.170. The van der Waals surface area contributed by atoms with Crippen molar-refractivity contribution < 1.29 is 0 Å². The summed E-state index contributed by atoms with van der Waals surface area (Å²) in [5, 5.41) is 7.38. The van der Waals surface area contributed by atoms with Gasteiger partial charge in [0.1, 0.15) is 0 Å². The lowest BCUT2D eigenvalue weighted by Gasteiger charge is -2.02. The summed E-state index contributed by atoms with van der Waals surface area (Å²) in [5.41, 5.74) is 0. The second-order valence-corrected chi connectivity index (χ2v) is 2.40. The first kappa shape index (κ1) is 8.17. The van der Waals surface area contributed by atoms with Crippen molar-refractivity contribution in [3.05, 3.63) is 0 Å². The van der Waals surface area contributed by atoms with E-state index in [1.165, 1.54) is 0 Å². The normalized spacial score (nSPS) is 8.25. The fourth-order valence-electron chi connectivity index (χ4n) is 0.249. The van der Waals surface area contributed by atoms with E-state index in [0.29, 0.717) is 5.11 Å². The Balaban J connectivity index is 2.99. The Labute approximate surface area is 63.2 Å². The van der Waals surface area contributed by atoms with Gasteiger partial charge in [-0.15, -0.1) is 0 Å². The van der Waals surface area contributed by atoms with Crippen LogP contribution in [0.15, 0.2) is 0 Å². The standard InChI is InChI=1S/C4H9BrN2S/c1-6-4(8)7-3-2-5/h2-3H2,1H3,(H2,6,7,8). The van der Waals surface area contributed by atoms with Crippen molar-refractivity contribution >= 4 is 33.3 Å². The Morgan fingerprint density at radius 3 is 2.75 bits per heavy atom. The minimum Gasteiger partial charge on any atom is -0.366 e. The first-order chi connectivity index (χ1) is 3.81. The Morgan fingerprint density at radius 1 is 1.75 bits per heavy atom. The molecule has 48 valence electrons. The van der Waals surface area contributed by atoms with Crippen LogP contribution in [0.2, 0.25) is 0 Å². The number of thiocarbonyl (C=S) groups is 1. The van der Waals surface area contributed by atoms with E-state index in [1.807, 2.05) is 0 Å². The number of rotatable bonds is 2. The van der Waals surface area contributed by atoms with E-state index in [1.54, 1.807) is 7.05 Å². The third kappa shape index (κ3) is 4.33. The van der Waals surface area contributed by atoms with Crippen LogP contribution < -0.4 is 10.6 Å². The molecule has 0 unspecified atom stereocenters. The molecule has 0 heterocycles. The SMILES string of the molecule is CNC(=S)NCCBr. The van der Waals surface area contributed by atoms with E-state index in [-0.39, 0.29) is 0 Å². The number of alkyl halides is 1. The van der Waals surface area contributed by atoms with Crippen LogP contribution in [0.25, 0.3) is 0 Å². The Morgan fingerprint density at radius 2 is 2.38 bits per heavy atom. The van der Waals surface area contributed by atoms with Gasteiger partial charge in [0, 0.05) is 18.9 Å². The molecule has 0 fully saturated rings. The van der Waals surface area contributed by atoms with Crippen LogP contribution in [0.1, 0.15) is 0 Å². The molecule has 0 aromatic rings. The van der Waals surface area contributed by atoms with Gasteiger partial charge in [-0.3, -0.25) is 0 Å². The topological polar surface area (TPSA) is 24.1 Å². The van der Waals surface area contributed by atoms with Crippen molar-refractivity contribution in [2.45, 2.75) is 0 Å². The van der Waals surface area contributed by atoms with Crippen molar-refractivity contribution in [2.24, 2.45) is 0 Å². The molecular weight excluding hydrogens is 188 g/mol. The number of hydrogen-bond donors (Lipinski definition) is 2. The lowest BCUT2D eigenvalue weighted by molar-refractivity contribution is 0.948. The van der Waals surface area contributed by atoms with Crippen LogP contribution in [0.3, 0.4) is 0 Å². The molecule has 0 aliphatic heterocycles. The average Bonchev–Trinajstić information content (AvgIpc) is 1.83. The van der Waals surface area contributed by atoms with Gasteiger partial charge < -0.3 is 10.6 Å². The van der Waals surface area contributed by atoms with E-state index in [4.69, 9.17) is 12.2 Å². The monoisotopic (exact) mass is 196 g/mol. The fourth-order valence-corrected chi connectivity index (χ4v) is 0.549. The van der Waals surface area contributed by atoms with Crippen molar-refractivity contribution in [1.82, 2.24) is 10.6 Å². The minimum absolute atomic E-state index is 0.699. The fraction of sp³-hybridized carbons (Fsp3) is 0.750. The quantitative estimate of drug-likeness (QED) is 0.497. The maximum atomic E-state index is 4.78. The van der Waals surface area contributed by atoms with Gasteiger partial charge in [-0.1, -0.05) is 15.9 Å². The second-order valence-electron chi connectivity index (χ2n) is 1.19. The molecule has 0 aromatic carbocycles. The third-order valence-electron chi connectivity index (χ3n) is 0.607. The van der Waals surface area contributed by atoms with Gasteiger partial charge in [0.25, 0.3) is 0 Å². The number of nitrogens with one attached hydrogen (secondary N) is 2. The number of hydrogen-bond acceptors (Lipinski definition) is 1. The van der Waals surface area contributed by atoms with Crippen LogP contribution in [0.5, 0.6) is 0 Å². The summed E-state index contributed by atoms with van der Waals surface area (Å²) in [5.74, 6) is 0. The first-order valence-electron chi connectivity index (χ1n) is 2.32. The number of halogens is 1. The molecule has 2 nitrogen and oxygen atoms in total. The molecule has 0 saturated carbocycles. The third-order valence-corrected chi connectivity index (χ3v) is 1.35. The highest BCUT2D eigenvalue weighted by atomic mass is 79.9. The van der Waals surface area contributed by atoms with Crippen LogP contribution >= 0.6 is 28.1 Å². The van der Waals surface area contributed by atoms with Gasteiger partial charge in [0.15, 0.2) is 5.11 Å². The zero-order valence-corrected chi connectivity index (χ0v) is 7.10. The molecule has 0 radical (unpaired) electrons. The summed E-state index contributed by atoms with van der Waals surface area (Å²) in [6.07, 6.45) is 0. The highest BCUT2D eigenvalue weighted by molar-refractivity contribution is 9.09. The van der Waals surface area contributed by atoms with Crippen molar-refractivity contribution in [1.29, 1.82) is 0 Å². The molecule has 0 spiro atoms. The zero-order valence-electron chi connectivity index (χ0n) is 4.70. The van der Waals surface area contributed by atoms with Crippen molar-refractivity contribution in [2.75, 3.05) is 18.9 Å². The van der Waals surface area contributed by atoms with Crippen molar-refractivity contribution in [3.63, 3.8) is 0 Å². The van der Waals surface area contributed by atoms with E-state index < -0.39 is 0 Å². The van der Waals surface area contributed by atoms with E-state index in [0.717, 1.165) is 11.9 Å². The summed E-state index contributed by atoms with van der Waals surface area (Å²) in [4.78, 5) is 0. The molecule has 0 aliphatic carbocycles. The van der Waals surface area contributed by atoms with Crippen LogP contribution in [-0.4, -0.2) is 24.0 Å². The summed E-state index contributed by atoms with van der Waals surface area (Å²) >= 11 is 8.03. The first-order valence-corrected chi connectivity index (χ1v) is 3.85. The molecule has 0 aromatic heterocycles. The summed E-state index contributed by atoms with van der Waals surface area (Å²) in [6.45, 7) is 0.875. The molecule has 2 N–H and O–H groups in total. The van der Waals surface area contributed by atoms with Gasteiger partial charge in [-0.05, 0) is 12.2 Å². The predicted molar refractivity (Wildman–Crippen MR) is 43.5 cm³/mol. The highest BCUT2D eigenvalue weighted by Gasteiger charge is 1.84. The van der Waals surface area contributed by atoms with E-state index in [9.17, 15) is 0 Å². The summed E-state index contributed by atoms with van der Waals surface area (Å²) in [6, 6.07) is 0. The Bertz CT molecular complexity index is 76.4. The maximum absolute atomic E-state index is 4.78. The Kier molecular flexibility index (Phi) is 5.42. The molecule has 0 amide bonds. The predicted octanol–water partition coefficient (Wildman–Crippen LogP) is 0.475. The van der Waals surface area contributed by atoms with Gasteiger partial charge in [-0.25, -0.2) is 0 Å². The largest absolute Gasteiger partial charge is 0.366 e. The molecule has 4 heteroatoms. The molecule has 8 heavy (non-hydrogen) atoms. The lowest BCUT2D eigenvalue weighted by Crippen LogP contribution is -2.33. The second kappa shape index (κ2) is 5.31.